The van der Waals surface area contributed by atoms with Gasteiger partial charge in [-0.3, -0.25) is 0 Å². The van der Waals surface area contributed by atoms with Crippen molar-refractivity contribution in [3.8, 4) is 0 Å². The summed E-state index contributed by atoms with van der Waals surface area (Å²) in [6.45, 7) is 0. The maximum atomic E-state index is 1.93. The van der Waals surface area contributed by atoms with Gasteiger partial charge in [0.15, 0.2) is 0 Å². The molecule has 6 saturated carbocycles. The standard InChI is InChI=1S/C12H22.C10H15/c1-3-7-11(8-4-1)12-9-5-2-6-10-12;1-7-2-9-4-8(1)5-10(3-7)6-9/h11-12H,1-10H2;7-9H,1-6H2. The molecule has 0 atom stereocenters. The lowest BCUT2D eigenvalue weighted by molar-refractivity contribution is 0.0920. The van der Waals surface area contributed by atoms with Crippen LogP contribution in [0, 0.1) is 35.5 Å². The summed E-state index contributed by atoms with van der Waals surface area (Å²) in [4.78, 5) is 0. The highest BCUT2D eigenvalue weighted by molar-refractivity contribution is 5.08. The second kappa shape index (κ2) is 7.27. The van der Waals surface area contributed by atoms with E-state index in [0.29, 0.717) is 0 Å². The molecule has 22 heavy (non-hydrogen) atoms. The molecule has 0 aromatic rings. The Kier molecular flexibility index (Phi) is 5.13. The summed E-state index contributed by atoms with van der Waals surface area (Å²) in [5.41, 5.74) is 0. The normalized spacial score (nSPS) is 39.5. The molecule has 6 aliphatic rings. The van der Waals surface area contributed by atoms with Gasteiger partial charge in [-0.25, -0.2) is 0 Å². The van der Waals surface area contributed by atoms with E-state index in [4.69, 9.17) is 0 Å². The first kappa shape index (κ1) is 15.5. The van der Waals surface area contributed by atoms with E-state index in [1.165, 1.54) is 57.8 Å². The Labute approximate surface area is 138 Å². The fourth-order valence-electron chi connectivity index (χ4n) is 6.89. The molecular weight excluding hydrogens is 264 g/mol. The Hall–Kier alpha value is 0. The van der Waals surface area contributed by atoms with Crippen LogP contribution in [0.15, 0.2) is 0 Å². The monoisotopic (exact) mass is 301 g/mol. The molecule has 1 radical (unpaired) electrons. The summed E-state index contributed by atoms with van der Waals surface area (Å²) >= 11 is 0. The van der Waals surface area contributed by atoms with Gasteiger partial charge >= 0.3 is 0 Å². The fourth-order valence-corrected chi connectivity index (χ4v) is 6.89. The highest BCUT2D eigenvalue weighted by Gasteiger charge is 2.42. The Morgan fingerprint density at radius 3 is 1.14 bits per heavy atom. The third-order valence-electron chi connectivity index (χ3n) is 7.70. The summed E-state index contributed by atoms with van der Waals surface area (Å²) < 4.78 is 0. The zero-order valence-electron chi connectivity index (χ0n) is 14.7. The zero-order chi connectivity index (χ0) is 14.8. The van der Waals surface area contributed by atoms with Crippen molar-refractivity contribution in [2.75, 3.05) is 0 Å². The van der Waals surface area contributed by atoms with Crippen molar-refractivity contribution in [2.45, 2.75) is 103 Å². The van der Waals surface area contributed by atoms with Crippen LogP contribution >= 0.6 is 0 Å². The Balaban J connectivity index is 0.000000115. The molecule has 0 amide bonds. The first-order valence-corrected chi connectivity index (χ1v) is 10.7. The molecule has 125 valence electrons. The minimum atomic E-state index is 1.14. The van der Waals surface area contributed by atoms with Crippen LogP contribution in [0.4, 0.5) is 0 Å². The molecule has 0 N–H and O–H groups in total. The number of hydrogen-bond donors (Lipinski definition) is 0. The van der Waals surface area contributed by atoms with E-state index < -0.39 is 0 Å². The van der Waals surface area contributed by atoms with E-state index >= 15 is 0 Å². The molecule has 4 bridgehead atoms. The van der Waals surface area contributed by atoms with Gasteiger partial charge in [0.25, 0.3) is 0 Å². The second-order valence-electron chi connectivity index (χ2n) is 9.46. The van der Waals surface area contributed by atoms with Gasteiger partial charge in [-0.2, -0.15) is 0 Å². The van der Waals surface area contributed by atoms with Gasteiger partial charge in [0.1, 0.15) is 0 Å². The van der Waals surface area contributed by atoms with Gasteiger partial charge < -0.3 is 0 Å². The van der Waals surface area contributed by atoms with Crippen LogP contribution in [-0.2, 0) is 0 Å². The van der Waals surface area contributed by atoms with Crippen molar-refractivity contribution in [1.29, 1.82) is 0 Å². The van der Waals surface area contributed by atoms with Crippen molar-refractivity contribution in [2.24, 2.45) is 29.6 Å². The topological polar surface area (TPSA) is 0 Å². The largest absolute Gasteiger partial charge is 0.0533 e. The van der Waals surface area contributed by atoms with Crippen LogP contribution in [0.2, 0.25) is 0 Å². The van der Waals surface area contributed by atoms with Gasteiger partial charge in [0.05, 0.1) is 0 Å². The van der Waals surface area contributed by atoms with E-state index in [9.17, 15) is 0 Å². The van der Waals surface area contributed by atoms with Crippen LogP contribution in [0.3, 0.4) is 0 Å². The first-order chi connectivity index (χ1) is 10.9. The van der Waals surface area contributed by atoms with Crippen molar-refractivity contribution in [3.05, 3.63) is 5.92 Å². The molecule has 0 aliphatic heterocycles. The second-order valence-corrected chi connectivity index (χ2v) is 9.46. The Morgan fingerprint density at radius 2 is 0.818 bits per heavy atom. The number of hydrogen-bond acceptors (Lipinski definition) is 0. The van der Waals surface area contributed by atoms with Crippen LogP contribution in [-0.4, -0.2) is 0 Å². The smallest absolute Gasteiger partial charge is 0.0233 e. The summed E-state index contributed by atoms with van der Waals surface area (Å²) in [5, 5.41) is 0. The van der Waals surface area contributed by atoms with Crippen molar-refractivity contribution < 1.29 is 0 Å². The average molecular weight is 302 g/mol. The van der Waals surface area contributed by atoms with Crippen molar-refractivity contribution >= 4 is 0 Å². The zero-order valence-corrected chi connectivity index (χ0v) is 14.7. The molecule has 0 spiro atoms. The minimum absolute atomic E-state index is 1.14. The SMILES string of the molecule is C1CCC(C2CCCCC2)CC1.C1[C]2CC3CC1CC(C2)C3. The maximum Gasteiger partial charge on any atom is -0.0233 e. The summed E-state index contributed by atoms with van der Waals surface area (Å²) in [6.07, 6.45) is 24.7. The molecule has 0 unspecified atom stereocenters. The van der Waals surface area contributed by atoms with Gasteiger partial charge in [-0.1, -0.05) is 64.2 Å². The Morgan fingerprint density at radius 1 is 0.455 bits per heavy atom. The van der Waals surface area contributed by atoms with Crippen LogP contribution in [0.5, 0.6) is 0 Å². The van der Waals surface area contributed by atoms with Crippen LogP contribution in [0.25, 0.3) is 0 Å². The number of rotatable bonds is 1. The van der Waals surface area contributed by atoms with Gasteiger partial charge in [0, 0.05) is 0 Å². The van der Waals surface area contributed by atoms with E-state index in [0.717, 1.165) is 29.6 Å². The molecule has 0 aromatic heterocycles. The molecule has 0 heterocycles. The lowest BCUT2D eigenvalue weighted by Crippen LogP contribution is -2.37. The third-order valence-corrected chi connectivity index (χ3v) is 7.70. The predicted octanol–water partition coefficient (Wildman–Crippen LogP) is 6.94. The molecular formula is C22H37. The van der Waals surface area contributed by atoms with Gasteiger partial charge in [-0.05, 0) is 74.0 Å². The lowest BCUT2D eigenvalue weighted by Gasteiger charge is -2.49. The van der Waals surface area contributed by atoms with Gasteiger partial charge in [-0.15, -0.1) is 0 Å². The van der Waals surface area contributed by atoms with E-state index in [-0.39, 0.29) is 0 Å². The van der Waals surface area contributed by atoms with E-state index in [1.807, 2.05) is 5.92 Å². The fraction of sp³-hybridized carbons (Fsp3) is 0.955. The maximum absolute atomic E-state index is 1.93. The van der Waals surface area contributed by atoms with Crippen LogP contribution in [0.1, 0.15) is 103 Å². The molecule has 6 rings (SSSR count). The first-order valence-electron chi connectivity index (χ1n) is 10.7. The highest BCUT2D eigenvalue weighted by Crippen LogP contribution is 2.54. The van der Waals surface area contributed by atoms with Gasteiger partial charge in [0.2, 0.25) is 0 Å². The highest BCUT2D eigenvalue weighted by atomic mass is 14.5. The average Bonchev–Trinajstić information content (AvgIpc) is 2.56. The molecule has 0 nitrogen and oxygen atoms in total. The summed E-state index contributed by atoms with van der Waals surface area (Å²) in [7, 11) is 0. The van der Waals surface area contributed by atoms with Crippen molar-refractivity contribution in [3.63, 3.8) is 0 Å². The minimum Gasteiger partial charge on any atom is -0.0533 e. The molecule has 6 fully saturated rings. The Bertz CT molecular complexity index is 259. The van der Waals surface area contributed by atoms with E-state index in [2.05, 4.69) is 0 Å². The van der Waals surface area contributed by atoms with Crippen molar-refractivity contribution in [1.82, 2.24) is 0 Å². The molecule has 0 saturated heterocycles. The quantitative estimate of drug-likeness (QED) is 0.492. The molecule has 6 aliphatic carbocycles. The van der Waals surface area contributed by atoms with E-state index in [1.54, 1.807) is 44.9 Å². The van der Waals surface area contributed by atoms with Crippen LogP contribution < -0.4 is 0 Å². The molecule has 0 aromatic carbocycles. The summed E-state index contributed by atoms with van der Waals surface area (Å²) in [6, 6.07) is 0. The lowest BCUT2D eigenvalue weighted by atomic mass is 9.56. The predicted molar refractivity (Wildman–Crippen MR) is 94.6 cm³/mol. The summed E-state index contributed by atoms with van der Waals surface area (Å²) in [5.74, 6) is 7.63. The third kappa shape index (κ3) is 3.73. The molecule has 0 heteroatoms.